The Morgan fingerprint density at radius 2 is 2.20 bits per heavy atom. The summed E-state index contributed by atoms with van der Waals surface area (Å²) >= 11 is 7.24. The number of aryl methyl sites for hydroxylation is 1. The highest BCUT2D eigenvalue weighted by Gasteiger charge is 2.19. The molecule has 0 amide bonds. The summed E-state index contributed by atoms with van der Waals surface area (Å²) in [7, 11) is 0. The van der Waals surface area contributed by atoms with E-state index >= 15 is 0 Å². The van der Waals surface area contributed by atoms with E-state index in [9.17, 15) is 0 Å². The predicted octanol–water partition coefficient (Wildman–Crippen LogP) is 2.40. The van der Waals surface area contributed by atoms with E-state index in [1.54, 1.807) is 0 Å². The number of nitrogens with zero attached hydrogens (tertiary/aromatic N) is 2. The van der Waals surface area contributed by atoms with E-state index in [4.69, 9.17) is 18.0 Å². The molecule has 20 heavy (non-hydrogen) atoms. The fourth-order valence-corrected chi connectivity index (χ4v) is 4.05. The van der Waals surface area contributed by atoms with E-state index in [1.807, 2.05) is 11.8 Å². The number of thioether (sulfide) groups is 1. The number of nitrogens with two attached hydrogens (primary N) is 1. The SMILES string of the molecule is CCc1nnc(NCC2CCSC2)c(C(N)=S)c1CC. The summed E-state index contributed by atoms with van der Waals surface area (Å²) in [5.74, 6) is 3.94. The van der Waals surface area contributed by atoms with Crippen molar-refractivity contribution in [1.29, 1.82) is 0 Å². The van der Waals surface area contributed by atoms with Gasteiger partial charge >= 0.3 is 0 Å². The lowest BCUT2D eigenvalue weighted by Gasteiger charge is -2.17. The summed E-state index contributed by atoms with van der Waals surface area (Å²) in [6.07, 6.45) is 2.99. The molecule has 1 unspecified atom stereocenters. The van der Waals surface area contributed by atoms with Crippen molar-refractivity contribution in [3.05, 3.63) is 16.8 Å². The molecule has 0 saturated carbocycles. The standard InChI is InChI=1S/C14H22N4S2/c1-3-10-11(4-2)17-18-14(12(10)13(15)19)16-7-9-5-6-20-8-9/h9H,3-8H2,1-2H3,(H2,15,19)(H,16,18). The van der Waals surface area contributed by atoms with Crippen molar-refractivity contribution in [3.63, 3.8) is 0 Å². The lowest BCUT2D eigenvalue weighted by molar-refractivity contribution is 0.629. The second-order valence-electron chi connectivity index (χ2n) is 5.03. The van der Waals surface area contributed by atoms with E-state index in [-0.39, 0.29) is 0 Å². The molecule has 3 N–H and O–H groups in total. The molecule has 1 atom stereocenters. The molecule has 0 radical (unpaired) electrons. The van der Waals surface area contributed by atoms with Crippen molar-refractivity contribution in [2.45, 2.75) is 33.1 Å². The van der Waals surface area contributed by atoms with E-state index in [1.165, 1.54) is 17.9 Å². The molecule has 1 aliphatic rings. The van der Waals surface area contributed by atoms with Gasteiger partial charge in [-0.1, -0.05) is 26.1 Å². The average molecular weight is 310 g/mol. The molecule has 2 heterocycles. The number of nitrogens with one attached hydrogen (secondary N) is 1. The Labute approximate surface area is 130 Å². The highest BCUT2D eigenvalue weighted by atomic mass is 32.2. The minimum Gasteiger partial charge on any atom is -0.389 e. The van der Waals surface area contributed by atoms with Crippen molar-refractivity contribution in [2.24, 2.45) is 11.7 Å². The second-order valence-corrected chi connectivity index (χ2v) is 6.62. The minimum absolute atomic E-state index is 0.412. The van der Waals surface area contributed by atoms with Gasteiger partial charge in [0, 0.05) is 6.54 Å². The maximum absolute atomic E-state index is 5.92. The Kier molecular flexibility index (Phi) is 5.60. The lowest BCUT2D eigenvalue weighted by atomic mass is 10.0. The number of hydrogen-bond donors (Lipinski definition) is 2. The lowest BCUT2D eigenvalue weighted by Crippen LogP contribution is -2.22. The van der Waals surface area contributed by atoms with Gasteiger partial charge in [0.05, 0.1) is 11.3 Å². The molecule has 2 rings (SSSR count). The zero-order valence-electron chi connectivity index (χ0n) is 12.1. The van der Waals surface area contributed by atoms with Gasteiger partial charge in [0.15, 0.2) is 5.82 Å². The Morgan fingerprint density at radius 1 is 1.40 bits per heavy atom. The molecular formula is C14H22N4S2. The molecule has 1 fully saturated rings. The van der Waals surface area contributed by atoms with Crippen LogP contribution in [0.25, 0.3) is 0 Å². The van der Waals surface area contributed by atoms with Crippen LogP contribution in [0.15, 0.2) is 0 Å². The van der Waals surface area contributed by atoms with Gasteiger partial charge in [-0.15, -0.1) is 5.10 Å². The summed E-state index contributed by atoms with van der Waals surface area (Å²) < 4.78 is 0. The molecule has 4 nitrogen and oxygen atoms in total. The highest BCUT2D eigenvalue weighted by molar-refractivity contribution is 7.99. The van der Waals surface area contributed by atoms with E-state index in [2.05, 4.69) is 29.4 Å². The quantitative estimate of drug-likeness (QED) is 0.787. The molecule has 1 saturated heterocycles. The Hall–Kier alpha value is -0.880. The maximum Gasteiger partial charge on any atom is 0.159 e. The summed E-state index contributed by atoms with van der Waals surface area (Å²) in [4.78, 5) is 0.412. The third kappa shape index (κ3) is 3.41. The third-order valence-electron chi connectivity index (χ3n) is 3.67. The monoisotopic (exact) mass is 310 g/mol. The molecule has 0 spiro atoms. The van der Waals surface area contributed by atoms with Crippen LogP contribution < -0.4 is 11.1 Å². The first kappa shape index (κ1) is 15.5. The topological polar surface area (TPSA) is 63.8 Å². The number of aromatic nitrogens is 2. The molecule has 1 aromatic heterocycles. The maximum atomic E-state index is 5.92. The van der Waals surface area contributed by atoms with Gasteiger partial charge in [-0.25, -0.2) is 0 Å². The van der Waals surface area contributed by atoms with Crippen LogP contribution in [0.5, 0.6) is 0 Å². The van der Waals surface area contributed by atoms with Gasteiger partial charge < -0.3 is 11.1 Å². The first-order valence-electron chi connectivity index (χ1n) is 7.17. The van der Waals surface area contributed by atoms with Crippen molar-refractivity contribution in [2.75, 3.05) is 23.4 Å². The van der Waals surface area contributed by atoms with Crippen molar-refractivity contribution in [1.82, 2.24) is 10.2 Å². The van der Waals surface area contributed by atoms with Crippen LogP contribution in [0.2, 0.25) is 0 Å². The summed E-state index contributed by atoms with van der Waals surface area (Å²) in [6, 6.07) is 0. The van der Waals surface area contributed by atoms with Crippen LogP contribution in [0, 0.1) is 5.92 Å². The first-order valence-corrected chi connectivity index (χ1v) is 8.73. The van der Waals surface area contributed by atoms with Gasteiger partial charge in [-0.05, 0) is 42.2 Å². The molecule has 110 valence electrons. The number of thiocarbonyl (C=S) groups is 1. The zero-order chi connectivity index (χ0) is 14.5. The highest BCUT2D eigenvalue weighted by Crippen LogP contribution is 2.25. The summed E-state index contributed by atoms with van der Waals surface area (Å²) in [6.45, 7) is 5.11. The molecule has 1 aromatic rings. The normalized spacial score (nSPS) is 18.2. The van der Waals surface area contributed by atoms with Gasteiger partial charge in [-0.2, -0.15) is 16.9 Å². The van der Waals surface area contributed by atoms with Crippen LogP contribution >= 0.6 is 24.0 Å². The summed E-state index contributed by atoms with van der Waals surface area (Å²) in [5, 5.41) is 12.0. The Bertz CT molecular complexity index is 484. The van der Waals surface area contributed by atoms with Gasteiger partial charge in [0.1, 0.15) is 4.99 Å². The minimum atomic E-state index is 0.412. The van der Waals surface area contributed by atoms with Crippen molar-refractivity contribution >= 4 is 34.8 Å². The molecular weight excluding hydrogens is 288 g/mol. The van der Waals surface area contributed by atoms with Crippen molar-refractivity contribution in [3.8, 4) is 0 Å². The van der Waals surface area contributed by atoms with Crippen LogP contribution in [-0.4, -0.2) is 33.2 Å². The predicted molar refractivity (Wildman–Crippen MR) is 90.6 cm³/mol. The third-order valence-corrected chi connectivity index (χ3v) is 5.11. The van der Waals surface area contributed by atoms with Gasteiger partial charge in [0.25, 0.3) is 0 Å². The van der Waals surface area contributed by atoms with E-state index in [0.717, 1.165) is 42.0 Å². The van der Waals surface area contributed by atoms with E-state index < -0.39 is 0 Å². The van der Waals surface area contributed by atoms with Crippen LogP contribution in [0.1, 0.15) is 37.1 Å². The van der Waals surface area contributed by atoms with Crippen molar-refractivity contribution < 1.29 is 0 Å². The molecule has 6 heteroatoms. The summed E-state index contributed by atoms with van der Waals surface area (Å²) in [5.41, 5.74) is 8.94. The fourth-order valence-electron chi connectivity index (χ4n) is 2.55. The average Bonchev–Trinajstić information content (AvgIpc) is 2.96. The Morgan fingerprint density at radius 3 is 2.75 bits per heavy atom. The molecule has 0 aromatic carbocycles. The molecule has 0 bridgehead atoms. The largest absolute Gasteiger partial charge is 0.389 e. The number of anilines is 1. The smallest absolute Gasteiger partial charge is 0.159 e. The first-order chi connectivity index (χ1) is 9.67. The van der Waals surface area contributed by atoms with Crippen LogP contribution in [0.3, 0.4) is 0 Å². The van der Waals surface area contributed by atoms with Gasteiger partial charge in [0.2, 0.25) is 0 Å². The fraction of sp³-hybridized carbons (Fsp3) is 0.643. The molecule has 0 aliphatic carbocycles. The Balaban J connectivity index is 2.24. The van der Waals surface area contributed by atoms with E-state index in [0.29, 0.717) is 10.9 Å². The second kappa shape index (κ2) is 7.22. The number of hydrogen-bond acceptors (Lipinski definition) is 5. The number of rotatable bonds is 6. The van der Waals surface area contributed by atoms with Gasteiger partial charge in [-0.3, -0.25) is 0 Å². The van der Waals surface area contributed by atoms with Crippen LogP contribution in [0.4, 0.5) is 5.82 Å². The molecule has 1 aliphatic heterocycles. The zero-order valence-corrected chi connectivity index (χ0v) is 13.7. The van der Waals surface area contributed by atoms with Crippen LogP contribution in [-0.2, 0) is 12.8 Å².